The zero-order valence-corrected chi connectivity index (χ0v) is 14.7. The maximum Gasteiger partial charge on any atom is 0.339 e. The second kappa shape index (κ2) is 6.82. The van der Waals surface area contributed by atoms with E-state index in [4.69, 9.17) is 9.47 Å². The Kier molecular flexibility index (Phi) is 4.75. The monoisotopic (exact) mass is 342 g/mol. The normalized spacial score (nSPS) is 27.3. The topological polar surface area (TPSA) is 69.7 Å². The van der Waals surface area contributed by atoms with E-state index in [1.54, 1.807) is 18.2 Å². The van der Waals surface area contributed by atoms with E-state index in [9.17, 15) is 14.4 Å². The average Bonchev–Trinajstić information content (AvgIpc) is 3.14. The molecule has 4 unspecified atom stereocenters. The van der Waals surface area contributed by atoms with Gasteiger partial charge in [-0.3, -0.25) is 0 Å². The molecule has 0 N–H and O–H groups in total. The van der Waals surface area contributed by atoms with Crippen LogP contribution >= 0.6 is 0 Å². The van der Waals surface area contributed by atoms with Crippen LogP contribution in [0.2, 0.25) is 0 Å². The maximum atomic E-state index is 12.5. The van der Waals surface area contributed by atoms with Gasteiger partial charge in [-0.05, 0) is 44.2 Å². The van der Waals surface area contributed by atoms with Crippen LogP contribution in [0, 0.1) is 23.7 Å². The third-order valence-electron chi connectivity index (χ3n) is 5.83. The minimum absolute atomic E-state index is 0.0143. The molecule has 4 atom stereocenters. The first kappa shape index (κ1) is 17.4. The van der Waals surface area contributed by atoms with Gasteiger partial charge in [-0.2, -0.15) is 0 Å². The van der Waals surface area contributed by atoms with Gasteiger partial charge < -0.3 is 14.3 Å². The first-order chi connectivity index (χ1) is 12.0. The summed E-state index contributed by atoms with van der Waals surface area (Å²) >= 11 is 0. The fourth-order valence-electron chi connectivity index (χ4n) is 4.34. The quantitative estimate of drug-likeness (QED) is 0.467. The molecule has 0 radical (unpaired) electrons. The van der Waals surface area contributed by atoms with Crippen LogP contribution < -0.4 is 0 Å². The Balaban J connectivity index is 1.74. The van der Waals surface area contributed by atoms with E-state index in [1.807, 2.05) is 0 Å². The fraction of sp³-hybridized carbons (Fsp3) is 0.450. The highest BCUT2D eigenvalue weighted by Crippen LogP contribution is 2.54. The van der Waals surface area contributed by atoms with E-state index >= 15 is 0 Å². The van der Waals surface area contributed by atoms with Gasteiger partial charge in [0.1, 0.15) is 6.29 Å². The third kappa shape index (κ3) is 2.88. The van der Waals surface area contributed by atoms with E-state index < -0.39 is 11.9 Å². The van der Waals surface area contributed by atoms with E-state index in [0.29, 0.717) is 5.92 Å². The van der Waals surface area contributed by atoms with Gasteiger partial charge in [-0.25, -0.2) is 9.59 Å². The molecule has 2 bridgehead atoms. The summed E-state index contributed by atoms with van der Waals surface area (Å²) in [6.45, 7) is 4.37. The smallest absolute Gasteiger partial charge is 0.339 e. The number of rotatable bonds is 5. The molecule has 0 spiro atoms. The molecule has 0 heterocycles. The lowest BCUT2D eigenvalue weighted by Crippen LogP contribution is -2.29. The highest BCUT2D eigenvalue weighted by atomic mass is 16.5. The van der Waals surface area contributed by atoms with Gasteiger partial charge in [0.05, 0.1) is 24.8 Å². The zero-order chi connectivity index (χ0) is 18.1. The van der Waals surface area contributed by atoms with E-state index in [1.165, 1.54) is 24.3 Å². The summed E-state index contributed by atoms with van der Waals surface area (Å²) in [5, 5.41) is 0. The van der Waals surface area contributed by atoms with Gasteiger partial charge in [-0.1, -0.05) is 23.3 Å². The first-order valence-electron chi connectivity index (χ1n) is 8.46. The fourth-order valence-corrected chi connectivity index (χ4v) is 4.34. The van der Waals surface area contributed by atoms with Gasteiger partial charge >= 0.3 is 11.9 Å². The molecule has 2 aliphatic rings. The van der Waals surface area contributed by atoms with Gasteiger partial charge in [0, 0.05) is 11.8 Å². The number of methoxy groups -OCH3 is 1. The Morgan fingerprint density at radius 2 is 1.68 bits per heavy atom. The molecule has 3 rings (SSSR count). The molecular formula is C20H22O5. The summed E-state index contributed by atoms with van der Waals surface area (Å²) < 4.78 is 10.2. The summed E-state index contributed by atoms with van der Waals surface area (Å²) in [4.78, 5) is 35.8. The molecule has 1 fully saturated rings. The van der Waals surface area contributed by atoms with E-state index in [-0.39, 0.29) is 35.5 Å². The SMILES string of the molecule is COC(=O)c1ccccc1C(=O)OCC1C2CC(C(C)=C2C)C1C=O. The van der Waals surface area contributed by atoms with Crippen LogP contribution in [0.3, 0.4) is 0 Å². The Labute approximate surface area is 147 Å². The molecule has 25 heavy (non-hydrogen) atoms. The second-order valence-corrected chi connectivity index (χ2v) is 6.83. The minimum atomic E-state index is -0.576. The van der Waals surface area contributed by atoms with Crippen LogP contribution in [0.25, 0.3) is 0 Å². The first-order valence-corrected chi connectivity index (χ1v) is 8.46. The molecule has 5 heteroatoms. The van der Waals surface area contributed by atoms with Gasteiger partial charge in [0.15, 0.2) is 0 Å². The van der Waals surface area contributed by atoms with Crippen molar-refractivity contribution in [3.05, 3.63) is 46.5 Å². The number of benzene rings is 1. The Hall–Kier alpha value is -2.43. The average molecular weight is 342 g/mol. The van der Waals surface area contributed by atoms with Crippen molar-refractivity contribution in [1.29, 1.82) is 0 Å². The van der Waals surface area contributed by atoms with Crippen LogP contribution in [0.5, 0.6) is 0 Å². The van der Waals surface area contributed by atoms with Crippen molar-refractivity contribution in [2.24, 2.45) is 23.7 Å². The van der Waals surface area contributed by atoms with E-state index in [0.717, 1.165) is 12.7 Å². The van der Waals surface area contributed by atoms with Crippen molar-refractivity contribution < 1.29 is 23.9 Å². The number of allylic oxidation sites excluding steroid dienone is 2. The number of hydrogen-bond acceptors (Lipinski definition) is 5. The molecule has 1 aromatic rings. The summed E-state index contributed by atoms with van der Waals surface area (Å²) in [6.07, 6.45) is 1.96. The Bertz CT molecular complexity index is 746. The number of carbonyl (C=O) groups is 3. The van der Waals surface area contributed by atoms with Crippen molar-refractivity contribution in [3.8, 4) is 0 Å². The number of aldehydes is 1. The second-order valence-electron chi connectivity index (χ2n) is 6.83. The number of hydrogen-bond donors (Lipinski definition) is 0. The molecule has 132 valence electrons. The lowest BCUT2D eigenvalue weighted by atomic mass is 9.78. The van der Waals surface area contributed by atoms with Crippen LogP contribution in [0.15, 0.2) is 35.4 Å². The summed E-state index contributed by atoms with van der Waals surface area (Å²) in [5.74, 6) is -0.658. The third-order valence-corrected chi connectivity index (χ3v) is 5.83. The molecule has 0 aliphatic heterocycles. The van der Waals surface area contributed by atoms with Crippen molar-refractivity contribution in [2.75, 3.05) is 13.7 Å². The van der Waals surface area contributed by atoms with Gasteiger partial charge in [0.2, 0.25) is 0 Å². The maximum absolute atomic E-state index is 12.5. The van der Waals surface area contributed by atoms with Gasteiger partial charge in [0.25, 0.3) is 0 Å². The molecule has 1 saturated carbocycles. The van der Waals surface area contributed by atoms with Crippen LogP contribution in [0.4, 0.5) is 0 Å². The molecule has 5 nitrogen and oxygen atoms in total. The predicted octanol–water partition coefficient (Wildman–Crippen LogP) is 3.05. The number of ether oxygens (including phenoxy) is 2. The Morgan fingerprint density at radius 1 is 1.08 bits per heavy atom. The molecular weight excluding hydrogens is 320 g/mol. The molecule has 0 aromatic heterocycles. The molecule has 0 amide bonds. The Morgan fingerprint density at radius 3 is 2.28 bits per heavy atom. The van der Waals surface area contributed by atoms with Crippen molar-refractivity contribution in [2.45, 2.75) is 20.3 Å². The lowest BCUT2D eigenvalue weighted by molar-refractivity contribution is -0.113. The number of fused-ring (bicyclic) bond motifs is 2. The standard InChI is InChI=1S/C20H22O5/c1-11-12(2)16-8-15(11)17(9-21)18(16)10-25-20(23)14-7-5-4-6-13(14)19(22)24-3/h4-7,9,15-18H,8,10H2,1-3H3. The largest absolute Gasteiger partial charge is 0.465 e. The lowest BCUT2D eigenvalue weighted by Gasteiger charge is -2.28. The van der Waals surface area contributed by atoms with Crippen LogP contribution in [-0.2, 0) is 14.3 Å². The van der Waals surface area contributed by atoms with Crippen LogP contribution in [0.1, 0.15) is 41.0 Å². The minimum Gasteiger partial charge on any atom is -0.465 e. The highest BCUT2D eigenvalue weighted by molar-refractivity contribution is 6.03. The van der Waals surface area contributed by atoms with E-state index in [2.05, 4.69) is 13.8 Å². The van der Waals surface area contributed by atoms with Crippen molar-refractivity contribution in [3.63, 3.8) is 0 Å². The highest BCUT2D eigenvalue weighted by Gasteiger charge is 2.50. The summed E-state index contributed by atoms with van der Waals surface area (Å²) in [5.41, 5.74) is 2.99. The predicted molar refractivity (Wildman–Crippen MR) is 91.1 cm³/mol. The van der Waals surface area contributed by atoms with Crippen LogP contribution in [-0.4, -0.2) is 31.9 Å². The number of esters is 2. The van der Waals surface area contributed by atoms with Gasteiger partial charge in [-0.15, -0.1) is 0 Å². The zero-order valence-electron chi connectivity index (χ0n) is 14.7. The number of carbonyl (C=O) groups excluding carboxylic acids is 3. The molecule has 1 aromatic carbocycles. The summed E-state index contributed by atoms with van der Waals surface area (Å²) in [6, 6.07) is 6.41. The van der Waals surface area contributed by atoms with Crippen molar-refractivity contribution in [1.82, 2.24) is 0 Å². The summed E-state index contributed by atoms with van der Waals surface area (Å²) in [7, 11) is 1.27. The van der Waals surface area contributed by atoms with Crippen molar-refractivity contribution >= 4 is 18.2 Å². The molecule has 2 aliphatic carbocycles. The molecule has 0 saturated heterocycles.